The monoisotopic (exact) mass is 1050 g/mol. The minimum absolute atomic E-state index is 0.0818. The summed E-state index contributed by atoms with van der Waals surface area (Å²) in [7, 11) is 0. The molecule has 0 rings (SSSR count). The summed E-state index contributed by atoms with van der Waals surface area (Å²) >= 11 is 0. The molecule has 6 nitrogen and oxygen atoms in total. The van der Waals surface area contributed by atoms with Crippen molar-refractivity contribution in [3.05, 3.63) is 72.9 Å². The van der Waals surface area contributed by atoms with Crippen LogP contribution in [0.5, 0.6) is 0 Å². The number of carbonyl (C=O) groups excluding carboxylic acids is 3. The molecule has 0 radical (unpaired) electrons. The fourth-order valence-electron chi connectivity index (χ4n) is 9.35. The van der Waals surface area contributed by atoms with Gasteiger partial charge in [-0.1, -0.05) is 293 Å². The molecule has 0 aromatic heterocycles. The molecule has 0 aliphatic heterocycles. The first-order valence-electron chi connectivity index (χ1n) is 32.4. The normalized spacial score (nSPS) is 12.5. The topological polar surface area (TPSA) is 78.9 Å². The van der Waals surface area contributed by atoms with Gasteiger partial charge in [-0.05, 0) is 89.9 Å². The number of allylic oxidation sites excluding steroid dienone is 12. The molecule has 0 aromatic rings. The summed E-state index contributed by atoms with van der Waals surface area (Å²) in [5, 5.41) is 0. The second-order valence-electron chi connectivity index (χ2n) is 21.6. The number of esters is 3. The molecule has 0 saturated carbocycles. The second kappa shape index (κ2) is 63.4. The first-order valence-corrected chi connectivity index (χ1v) is 32.4. The van der Waals surface area contributed by atoms with Gasteiger partial charge in [0.15, 0.2) is 6.10 Å². The summed E-state index contributed by atoms with van der Waals surface area (Å²) in [6, 6.07) is 0. The highest BCUT2D eigenvalue weighted by Crippen LogP contribution is 2.17. The smallest absolute Gasteiger partial charge is 0.306 e. The van der Waals surface area contributed by atoms with Gasteiger partial charge in [0.25, 0.3) is 0 Å². The first-order chi connectivity index (χ1) is 37.0. The zero-order chi connectivity index (χ0) is 54.3. The molecule has 434 valence electrons. The van der Waals surface area contributed by atoms with E-state index < -0.39 is 6.10 Å². The summed E-state index contributed by atoms with van der Waals surface area (Å²) in [5.74, 6) is -0.895. The molecule has 6 heteroatoms. The minimum atomic E-state index is -0.785. The summed E-state index contributed by atoms with van der Waals surface area (Å²) in [6.45, 7) is 6.51. The van der Waals surface area contributed by atoms with Gasteiger partial charge >= 0.3 is 17.9 Å². The van der Waals surface area contributed by atoms with Crippen LogP contribution in [-0.2, 0) is 28.6 Å². The van der Waals surface area contributed by atoms with Crippen LogP contribution in [0.1, 0.15) is 329 Å². The van der Waals surface area contributed by atoms with E-state index in [-0.39, 0.29) is 31.1 Å². The average molecular weight is 1050 g/mol. The van der Waals surface area contributed by atoms with Crippen LogP contribution in [0.4, 0.5) is 0 Å². The van der Waals surface area contributed by atoms with Crippen molar-refractivity contribution < 1.29 is 28.6 Å². The lowest BCUT2D eigenvalue weighted by atomic mass is 10.0. The number of rotatable bonds is 59. The highest BCUT2D eigenvalue weighted by Gasteiger charge is 2.19. The zero-order valence-corrected chi connectivity index (χ0v) is 49.8. The lowest BCUT2D eigenvalue weighted by molar-refractivity contribution is -0.167. The third-order valence-corrected chi connectivity index (χ3v) is 14.2. The van der Waals surface area contributed by atoms with Crippen LogP contribution in [0.25, 0.3) is 0 Å². The van der Waals surface area contributed by atoms with Crippen molar-refractivity contribution in [2.24, 2.45) is 0 Å². The van der Waals surface area contributed by atoms with Crippen molar-refractivity contribution in [1.29, 1.82) is 0 Å². The SMILES string of the molecule is CC/C=C\C/C=C\C/C=C\C/C=C\CCCCCCC(=O)OC(COC(=O)CCCCCCCCCCC)COC(=O)CCCCCCCCCCCCCCCCCCCCC/C=C\C/C=C\CCCCCCC. The van der Waals surface area contributed by atoms with Gasteiger partial charge < -0.3 is 14.2 Å². The summed E-state index contributed by atoms with van der Waals surface area (Å²) < 4.78 is 16.9. The van der Waals surface area contributed by atoms with Gasteiger partial charge in [-0.3, -0.25) is 14.4 Å². The van der Waals surface area contributed by atoms with E-state index in [2.05, 4.69) is 93.7 Å². The highest BCUT2D eigenvalue weighted by atomic mass is 16.6. The molecule has 0 N–H and O–H groups in total. The Morgan fingerprint density at radius 1 is 0.280 bits per heavy atom. The molecule has 0 heterocycles. The van der Waals surface area contributed by atoms with Crippen molar-refractivity contribution in [3.8, 4) is 0 Å². The van der Waals surface area contributed by atoms with Gasteiger partial charge in [-0.15, -0.1) is 0 Å². The highest BCUT2D eigenvalue weighted by molar-refractivity contribution is 5.71. The number of ether oxygens (including phenoxy) is 3. The molecule has 0 spiro atoms. The van der Waals surface area contributed by atoms with Gasteiger partial charge in [-0.2, -0.15) is 0 Å². The maximum Gasteiger partial charge on any atom is 0.306 e. The lowest BCUT2D eigenvalue weighted by Gasteiger charge is -2.18. The Morgan fingerprint density at radius 3 is 0.813 bits per heavy atom. The Labute approximate surface area is 465 Å². The van der Waals surface area contributed by atoms with Gasteiger partial charge in [-0.25, -0.2) is 0 Å². The molecular formula is C69H122O6. The molecule has 0 saturated heterocycles. The average Bonchev–Trinajstić information content (AvgIpc) is 3.41. The van der Waals surface area contributed by atoms with Gasteiger partial charge in [0.1, 0.15) is 13.2 Å². The number of carbonyl (C=O) groups is 3. The molecule has 0 aliphatic carbocycles. The Kier molecular flexibility index (Phi) is 60.7. The molecule has 0 aromatic carbocycles. The van der Waals surface area contributed by atoms with Crippen LogP contribution in [0.15, 0.2) is 72.9 Å². The lowest BCUT2D eigenvalue weighted by Crippen LogP contribution is -2.30. The van der Waals surface area contributed by atoms with E-state index >= 15 is 0 Å². The van der Waals surface area contributed by atoms with E-state index in [1.165, 1.54) is 186 Å². The molecule has 75 heavy (non-hydrogen) atoms. The van der Waals surface area contributed by atoms with Crippen LogP contribution >= 0.6 is 0 Å². The Balaban J connectivity index is 4.11. The number of hydrogen-bond donors (Lipinski definition) is 0. The number of hydrogen-bond acceptors (Lipinski definition) is 6. The fourth-order valence-corrected chi connectivity index (χ4v) is 9.35. The van der Waals surface area contributed by atoms with Gasteiger partial charge in [0, 0.05) is 19.3 Å². The Hall–Kier alpha value is -3.15. The van der Waals surface area contributed by atoms with Crippen molar-refractivity contribution in [3.63, 3.8) is 0 Å². The summed E-state index contributed by atoms with van der Waals surface area (Å²) in [5.41, 5.74) is 0. The van der Waals surface area contributed by atoms with E-state index in [4.69, 9.17) is 14.2 Å². The fraction of sp³-hybridized carbons (Fsp3) is 0.783. The van der Waals surface area contributed by atoms with Crippen LogP contribution in [0, 0.1) is 0 Å². The van der Waals surface area contributed by atoms with Crippen molar-refractivity contribution in [1.82, 2.24) is 0 Å². The van der Waals surface area contributed by atoms with E-state index in [0.717, 1.165) is 103 Å². The van der Waals surface area contributed by atoms with Crippen LogP contribution in [-0.4, -0.2) is 37.2 Å². The van der Waals surface area contributed by atoms with Crippen molar-refractivity contribution in [2.45, 2.75) is 335 Å². The van der Waals surface area contributed by atoms with Crippen LogP contribution in [0.3, 0.4) is 0 Å². The molecule has 0 fully saturated rings. The van der Waals surface area contributed by atoms with Gasteiger partial charge in [0.2, 0.25) is 0 Å². The predicted molar refractivity (Wildman–Crippen MR) is 325 cm³/mol. The van der Waals surface area contributed by atoms with Gasteiger partial charge in [0.05, 0.1) is 0 Å². The molecular weight excluding hydrogens is 925 g/mol. The molecule has 0 amide bonds. The molecule has 1 atom stereocenters. The molecule has 1 unspecified atom stereocenters. The second-order valence-corrected chi connectivity index (χ2v) is 21.6. The largest absolute Gasteiger partial charge is 0.462 e. The van der Waals surface area contributed by atoms with Crippen molar-refractivity contribution in [2.75, 3.05) is 13.2 Å². The van der Waals surface area contributed by atoms with E-state index in [0.29, 0.717) is 19.3 Å². The Morgan fingerprint density at radius 2 is 0.520 bits per heavy atom. The molecule has 0 bridgehead atoms. The standard InChI is InChI=1S/C69H122O6/c1-4-7-10-13-16-19-21-23-25-27-28-29-30-31-32-33-34-35-36-37-38-39-40-42-43-45-47-50-53-56-59-62-68(71)74-65-66(64-73-67(70)61-58-55-52-49-18-15-12-9-6-3)75-69(72)63-60-57-54-51-48-46-44-41-26-24-22-20-17-14-11-8-5-2/h8,11,17,20-21,23-24,26-28,44,46,66H,4-7,9-10,12-16,18-19,22,25,29-43,45,47-65H2,1-3H3/b11-8-,20-17-,23-21-,26-24-,28-27-,46-44-. The van der Waals surface area contributed by atoms with Crippen LogP contribution < -0.4 is 0 Å². The third kappa shape index (κ3) is 61.6. The predicted octanol–water partition coefficient (Wildman–Crippen LogP) is 22.1. The van der Waals surface area contributed by atoms with E-state index in [1.807, 2.05) is 0 Å². The molecule has 0 aliphatic rings. The first kappa shape index (κ1) is 71.8. The zero-order valence-electron chi connectivity index (χ0n) is 49.8. The third-order valence-electron chi connectivity index (χ3n) is 14.2. The Bertz CT molecular complexity index is 1390. The van der Waals surface area contributed by atoms with Crippen molar-refractivity contribution >= 4 is 17.9 Å². The maximum absolute atomic E-state index is 12.8. The minimum Gasteiger partial charge on any atom is -0.462 e. The summed E-state index contributed by atoms with van der Waals surface area (Å²) in [4.78, 5) is 38.1. The number of unbranched alkanes of at least 4 members (excludes halogenated alkanes) is 36. The van der Waals surface area contributed by atoms with E-state index in [1.54, 1.807) is 0 Å². The summed E-state index contributed by atoms with van der Waals surface area (Å²) in [6.07, 6.45) is 82.2. The van der Waals surface area contributed by atoms with Crippen LogP contribution in [0.2, 0.25) is 0 Å². The maximum atomic E-state index is 12.8. The van der Waals surface area contributed by atoms with E-state index in [9.17, 15) is 14.4 Å². The quantitative estimate of drug-likeness (QED) is 0.0261.